The molecule has 0 fully saturated rings. The molecule has 0 aliphatic rings. The lowest BCUT2D eigenvalue weighted by atomic mass is 9.96. The van der Waals surface area contributed by atoms with Crippen LogP contribution >= 0.6 is 0 Å². The van der Waals surface area contributed by atoms with Crippen molar-refractivity contribution in [3.8, 4) is 22.5 Å². The first-order valence-electron chi connectivity index (χ1n) is 8.53. The average Bonchev–Trinajstić information content (AvgIpc) is 3.07. The third-order valence-electron chi connectivity index (χ3n) is 4.43. The molecule has 0 spiro atoms. The fraction of sp³-hybridized carbons (Fsp3) is 0.182. The SMILES string of the molecule is CC(C)(C)c1nc(-c2ccncc2)c(-c2cccc3ccccc23)[nH]1. The number of aromatic amines is 1. The second-order valence-corrected chi connectivity index (χ2v) is 7.32. The van der Waals surface area contributed by atoms with Gasteiger partial charge in [0.25, 0.3) is 0 Å². The van der Waals surface area contributed by atoms with Gasteiger partial charge in [0.2, 0.25) is 0 Å². The quantitative estimate of drug-likeness (QED) is 0.521. The van der Waals surface area contributed by atoms with Gasteiger partial charge in [-0.25, -0.2) is 4.98 Å². The molecule has 1 N–H and O–H groups in total. The highest BCUT2D eigenvalue weighted by Gasteiger charge is 2.23. The summed E-state index contributed by atoms with van der Waals surface area (Å²) in [6.45, 7) is 6.53. The molecule has 2 aromatic heterocycles. The Morgan fingerprint density at radius 3 is 2.32 bits per heavy atom. The van der Waals surface area contributed by atoms with Crippen LogP contribution in [0.2, 0.25) is 0 Å². The average molecular weight is 327 g/mol. The van der Waals surface area contributed by atoms with E-state index in [-0.39, 0.29) is 5.41 Å². The number of rotatable bonds is 2. The van der Waals surface area contributed by atoms with Gasteiger partial charge in [0.1, 0.15) is 5.82 Å². The Morgan fingerprint density at radius 1 is 0.840 bits per heavy atom. The Bertz CT molecular complexity index is 1020. The second kappa shape index (κ2) is 5.85. The molecule has 0 amide bonds. The summed E-state index contributed by atoms with van der Waals surface area (Å²) < 4.78 is 0. The highest BCUT2D eigenvalue weighted by Crippen LogP contribution is 2.36. The maximum absolute atomic E-state index is 4.95. The van der Waals surface area contributed by atoms with Crippen LogP contribution in [0.5, 0.6) is 0 Å². The monoisotopic (exact) mass is 327 g/mol. The van der Waals surface area contributed by atoms with Crippen LogP contribution in [0.4, 0.5) is 0 Å². The third kappa shape index (κ3) is 2.82. The summed E-state index contributed by atoms with van der Waals surface area (Å²) in [6, 6.07) is 18.9. The number of aromatic nitrogens is 3. The van der Waals surface area contributed by atoms with E-state index >= 15 is 0 Å². The summed E-state index contributed by atoms with van der Waals surface area (Å²) in [5, 5.41) is 2.46. The molecule has 4 rings (SSSR count). The van der Waals surface area contributed by atoms with Crippen LogP contribution in [0.25, 0.3) is 33.3 Å². The summed E-state index contributed by atoms with van der Waals surface area (Å²) in [7, 11) is 0. The molecule has 3 heteroatoms. The minimum absolute atomic E-state index is 0.0510. The van der Waals surface area contributed by atoms with Crippen molar-refractivity contribution in [2.45, 2.75) is 26.2 Å². The molecule has 0 radical (unpaired) electrons. The molecule has 0 saturated carbocycles. The summed E-state index contributed by atoms with van der Waals surface area (Å²) in [5.41, 5.74) is 4.24. The number of imidazole rings is 1. The zero-order valence-electron chi connectivity index (χ0n) is 14.7. The van der Waals surface area contributed by atoms with E-state index in [2.05, 4.69) is 73.2 Å². The zero-order chi connectivity index (χ0) is 17.4. The van der Waals surface area contributed by atoms with E-state index in [9.17, 15) is 0 Å². The van der Waals surface area contributed by atoms with Crippen molar-refractivity contribution in [3.05, 3.63) is 72.8 Å². The normalized spacial score (nSPS) is 11.8. The van der Waals surface area contributed by atoms with Gasteiger partial charge in [-0.3, -0.25) is 4.98 Å². The summed E-state index contributed by atoms with van der Waals surface area (Å²) in [4.78, 5) is 12.7. The highest BCUT2D eigenvalue weighted by molar-refractivity contribution is 5.98. The first-order chi connectivity index (χ1) is 12.0. The minimum atomic E-state index is -0.0510. The topological polar surface area (TPSA) is 41.6 Å². The molecule has 2 aromatic carbocycles. The number of benzene rings is 2. The van der Waals surface area contributed by atoms with Gasteiger partial charge in [-0.1, -0.05) is 63.2 Å². The maximum Gasteiger partial charge on any atom is 0.112 e. The van der Waals surface area contributed by atoms with Gasteiger partial charge < -0.3 is 4.98 Å². The Morgan fingerprint density at radius 2 is 1.56 bits per heavy atom. The van der Waals surface area contributed by atoms with E-state index < -0.39 is 0 Å². The van der Waals surface area contributed by atoms with Gasteiger partial charge in [-0.05, 0) is 22.9 Å². The predicted octanol–water partition coefficient (Wildman–Crippen LogP) is 5.59. The van der Waals surface area contributed by atoms with Crippen LogP contribution in [0.15, 0.2) is 67.0 Å². The predicted molar refractivity (Wildman–Crippen MR) is 103 cm³/mol. The van der Waals surface area contributed by atoms with Gasteiger partial charge in [-0.15, -0.1) is 0 Å². The first kappa shape index (κ1) is 15.6. The van der Waals surface area contributed by atoms with Gasteiger partial charge in [0.05, 0.1) is 11.4 Å². The Balaban J connectivity index is 2.02. The van der Waals surface area contributed by atoms with E-state index in [4.69, 9.17) is 4.98 Å². The molecule has 4 aromatic rings. The van der Waals surface area contributed by atoms with Crippen molar-refractivity contribution >= 4 is 10.8 Å². The van der Waals surface area contributed by atoms with Gasteiger partial charge in [0.15, 0.2) is 0 Å². The van der Waals surface area contributed by atoms with Crippen molar-refractivity contribution in [1.29, 1.82) is 0 Å². The molecule has 0 bridgehead atoms. The van der Waals surface area contributed by atoms with E-state index in [0.29, 0.717) is 0 Å². The number of fused-ring (bicyclic) bond motifs is 1. The summed E-state index contributed by atoms with van der Waals surface area (Å²) in [5.74, 6) is 0.988. The third-order valence-corrected chi connectivity index (χ3v) is 4.43. The fourth-order valence-electron chi connectivity index (χ4n) is 3.09. The van der Waals surface area contributed by atoms with E-state index in [1.165, 1.54) is 16.3 Å². The molecule has 0 aliphatic carbocycles. The van der Waals surface area contributed by atoms with E-state index in [1.807, 2.05) is 24.5 Å². The summed E-state index contributed by atoms with van der Waals surface area (Å²) in [6.07, 6.45) is 3.63. The maximum atomic E-state index is 4.95. The number of hydrogen-bond acceptors (Lipinski definition) is 2. The largest absolute Gasteiger partial charge is 0.341 e. The number of nitrogens with one attached hydrogen (secondary N) is 1. The molecular formula is C22H21N3. The molecule has 3 nitrogen and oxygen atoms in total. The van der Waals surface area contributed by atoms with Crippen molar-refractivity contribution in [2.75, 3.05) is 0 Å². The number of hydrogen-bond donors (Lipinski definition) is 1. The van der Waals surface area contributed by atoms with Gasteiger partial charge in [0, 0.05) is 28.9 Å². The smallest absolute Gasteiger partial charge is 0.112 e. The lowest BCUT2D eigenvalue weighted by molar-refractivity contribution is 0.553. The first-order valence-corrected chi connectivity index (χ1v) is 8.53. The van der Waals surface area contributed by atoms with Gasteiger partial charge >= 0.3 is 0 Å². The molecule has 0 aliphatic heterocycles. The van der Waals surface area contributed by atoms with Crippen LogP contribution in [-0.2, 0) is 5.41 Å². The molecule has 2 heterocycles. The standard InChI is InChI=1S/C22H21N3/c1-22(2,3)21-24-19(16-11-13-23-14-12-16)20(25-21)18-10-6-8-15-7-4-5-9-17(15)18/h4-14H,1-3H3,(H,24,25). The second-order valence-electron chi connectivity index (χ2n) is 7.32. The molecule has 0 saturated heterocycles. The van der Waals surface area contributed by atoms with Crippen molar-refractivity contribution in [2.24, 2.45) is 0 Å². The molecular weight excluding hydrogens is 306 g/mol. The summed E-state index contributed by atoms with van der Waals surface area (Å²) >= 11 is 0. The van der Waals surface area contributed by atoms with E-state index in [0.717, 1.165) is 22.8 Å². The number of H-pyrrole nitrogens is 1. The number of nitrogens with zero attached hydrogens (tertiary/aromatic N) is 2. The van der Waals surface area contributed by atoms with E-state index in [1.54, 1.807) is 0 Å². The van der Waals surface area contributed by atoms with Crippen molar-refractivity contribution in [3.63, 3.8) is 0 Å². The van der Waals surface area contributed by atoms with Crippen LogP contribution in [-0.4, -0.2) is 15.0 Å². The lowest BCUT2D eigenvalue weighted by Crippen LogP contribution is -2.13. The highest BCUT2D eigenvalue weighted by atomic mass is 15.0. The van der Waals surface area contributed by atoms with Gasteiger partial charge in [-0.2, -0.15) is 0 Å². The number of pyridine rings is 1. The van der Waals surface area contributed by atoms with Crippen LogP contribution in [0, 0.1) is 0 Å². The fourth-order valence-corrected chi connectivity index (χ4v) is 3.09. The minimum Gasteiger partial charge on any atom is -0.341 e. The van der Waals surface area contributed by atoms with Crippen LogP contribution in [0.3, 0.4) is 0 Å². The molecule has 25 heavy (non-hydrogen) atoms. The Hall–Kier alpha value is -2.94. The Labute approximate surface area is 147 Å². The van der Waals surface area contributed by atoms with Crippen LogP contribution in [0.1, 0.15) is 26.6 Å². The lowest BCUT2D eigenvalue weighted by Gasteiger charge is -2.14. The Kier molecular flexibility index (Phi) is 3.65. The zero-order valence-corrected chi connectivity index (χ0v) is 14.7. The van der Waals surface area contributed by atoms with Crippen LogP contribution < -0.4 is 0 Å². The molecule has 124 valence electrons. The van der Waals surface area contributed by atoms with Crippen molar-refractivity contribution < 1.29 is 0 Å². The molecule has 0 unspecified atom stereocenters. The molecule has 0 atom stereocenters. The van der Waals surface area contributed by atoms with Crippen molar-refractivity contribution in [1.82, 2.24) is 15.0 Å².